The first-order valence-corrected chi connectivity index (χ1v) is 5.52. The van der Waals surface area contributed by atoms with Crippen LogP contribution in [0.5, 0.6) is 11.6 Å². The zero-order chi connectivity index (χ0) is 13.3. The Kier molecular flexibility index (Phi) is 3.34. The van der Waals surface area contributed by atoms with Gasteiger partial charge in [0.1, 0.15) is 11.6 Å². The van der Waals surface area contributed by atoms with Gasteiger partial charge in [-0.25, -0.2) is 9.07 Å². The average Bonchev–Trinajstić information content (AvgIpc) is 2.57. The third-order valence-electron chi connectivity index (χ3n) is 2.43. The summed E-state index contributed by atoms with van der Waals surface area (Å²) in [4.78, 5) is 11.0. The number of rotatable bonds is 3. The number of aromatic nitrogens is 2. The molecule has 0 aliphatic carbocycles. The molecule has 0 saturated heterocycles. The van der Waals surface area contributed by atoms with E-state index < -0.39 is 5.82 Å². The summed E-state index contributed by atoms with van der Waals surface area (Å²) < 4.78 is 19.8. The maximum atomic E-state index is 12.9. The predicted octanol–water partition coefficient (Wildman–Crippen LogP) is 3.13. The van der Waals surface area contributed by atoms with Crippen LogP contribution in [0.15, 0.2) is 18.2 Å². The number of aldehydes is 1. The molecule has 94 valence electrons. The molecule has 1 aromatic carbocycles. The average molecular weight is 269 g/mol. The van der Waals surface area contributed by atoms with E-state index >= 15 is 0 Å². The summed E-state index contributed by atoms with van der Waals surface area (Å²) in [6.07, 6.45) is 0.662. The van der Waals surface area contributed by atoms with Gasteiger partial charge in [0.05, 0.1) is 16.3 Å². The van der Waals surface area contributed by atoms with Crippen molar-refractivity contribution in [2.45, 2.75) is 6.92 Å². The largest absolute Gasteiger partial charge is 0.437 e. The Morgan fingerprint density at radius 3 is 2.83 bits per heavy atom. The number of hydrogen-bond acceptors (Lipinski definition) is 3. The smallest absolute Gasteiger partial charge is 0.228 e. The van der Waals surface area contributed by atoms with Gasteiger partial charge in [-0.15, -0.1) is 0 Å². The van der Waals surface area contributed by atoms with Crippen molar-refractivity contribution < 1.29 is 13.9 Å². The molecule has 0 spiro atoms. The Morgan fingerprint density at radius 1 is 1.50 bits per heavy atom. The first kappa shape index (κ1) is 12.6. The third kappa shape index (κ3) is 2.22. The molecule has 2 aromatic rings. The second kappa shape index (κ2) is 4.78. The monoisotopic (exact) mass is 268 g/mol. The molecular weight excluding hydrogens is 259 g/mol. The highest BCUT2D eigenvalue weighted by atomic mass is 35.5. The van der Waals surface area contributed by atoms with Crippen LogP contribution in [0, 0.1) is 12.7 Å². The number of carbonyl (C=O) groups excluding carboxylic acids is 1. The molecule has 1 heterocycles. The third-order valence-corrected chi connectivity index (χ3v) is 2.73. The molecule has 0 radical (unpaired) electrons. The van der Waals surface area contributed by atoms with E-state index in [1.165, 1.54) is 16.8 Å². The number of aryl methyl sites for hydroxylation is 2. The van der Waals surface area contributed by atoms with Gasteiger partial charge in [-0.1, -0.05) is 11.6 Å². The molecule has 4 nitrogen and oxygen atoms in total. The van der Waals surface area contributed by atoms with Crippen LogP contribution < -0.4 is 4.74 Å². The van der Waals surface area contributed by atoms with Crippen molar-refractivity contribution in [3.63, 3.8) is 0 Å². The molecule has 0 N–H and O–H groups in total. The number of ether oxygens (including phenoxy) is 1. The van der Waals surface area contributed by atoms with Crippen molar-refractivity contribution in [2.75, 3.05) is 0 Å². The Morgan fingerprint density at radius 2 is 2.22 bits per heavy atom. The molecule has 18 heavy (non-hydrogen) atoms. The van der Waals surface area contributed by atoms with Crippen LogP contribution in [-0.4, -0.2) is 16.1 Å². The van der Waals surface area contributed by atoms with Gasteiger partial charge in [-0.05, 0) is 25.1 Å². The van der Waals surface area contributed by atoms with Gasteiger partial charge in [-0.2, -0.15) is 5.10 Å². The Balaban J connectivity index is 2.42. The van der Waals surface area contributed by atoms with Crippen molar-refractivity contribution in [1.82, 2.24) is 9.78 Å². The Bertz CT molecular complexity index is 610. The van der Waals surface area contributed by atoms with Crippen molar-refractivity contribution in [2.24, 2.45) is 7.05 Å². The fourth-order valence-electron chi connectivity index (χ4n) is 1.57. The summed E-state index contributed by atoms with van der Waals surface area (Å²) in [5.74, 6) is 0.0873. The molecule has 0 amide bonds. The Hall–Kier alpha value is -1.88. The van der Waals surface area contributed by atoms with Crippen LogP contribution in [0.1, 0.15) is 16.1 Å². The molecule has 6 heteroatoms. The molecule has 0 saturated carbocycles. The lowest BCUT2D eigenvalue weighted by atomic mass is 10.3. The van der Waals surface area contributed by atoms with Crippen LogP contribution in [0.3, 0.4) is 0 Å². The molecule has 1 aromatic heterocycles. The van der Waals surface area contributed by atoms with E-state index in [0.717, 1.165) is 6.07 Å². The minimum Gasteiger partial charge on any atom is -0.437 e. The summed E-state index contributed by atoms with van der Waals surface area (Å²) in [6.45, 7) is 1.70. The topological polar surface area (TPSA) is 44.1 Å². The van der Waals surface area contributed by atoms with Gasteiger partial charge in [0, 0.05) is 7.05 Å². The van der Waals surface area contributed by atoms with Crippen LogP contribution in [0.2, 0.25) is 5.02 Å². The second-order valence-electron chi connectivity index (χ2n) is 3.72. The van der Waals surface area contributed by atoms with E-state index in [1.54, 1.807) is 14.0 Å². The van der Waals surface area contributed by atoms with Gasteiger partial charge in [0.25, 0.3) is 0 Å². The summed E-state index contributed by atoms with van der Waals surface area (Å²) in [6, 6.07) is 3.76. The maximum absolute atomic E-state index is 12.9. The van der Waals surface area contributed by atoms with E-state index in [-0.39, 0.29) is 16.7 Å². The highest BCUT2D eigenvalue weighted by Crippen LogP contribution is 2.31. The van der Waals surface area contributed by atoms with E-state index in [1.807, 2.05) is 0 Å². The van der Waals surface area contributed by atoms with Crippen molar-refractivity contribution >= 4 is 17.9 Å². The quantitative estimate of drug-likeness (QED) is 0.804. The molecule has 0 aliphatic heterocycles. The molecule has 0 aliphatic rings. The van der Waals surface area contributed by atoms with Gasteiger partial charge in [0.2, 0.25) is 5.88 Å². The lowest BCUT2D eigenvalue weighted by molar-refractivity contribution is 0.112. The summed E-state index contributed by atoms with van der Waals surface area (Å²) in [7, 11) is 1.65. The molecule has 0 atom stereocenters. The van der Waals surface area contributed by atoms with Crippen molar-refractivity contribution in [3.05, 3.63) is 40.3 Å². The minimum atomic E-state index is -0.454. The summed E-state index contributed by atoms with van der Waals surface area (Å²) >= 11 is 5.85. The number of carbonyl (C=O) groups is 1. The van der Waals surface area contributed by atoms with Crippen molar-refractivity contribution in [1.29, 1.82) is 0 Å². The predicted molar refractivity (Wildman–Crippen MR) is 64.8 cm³/mol. The van der Waals surface area contributed by atoms with E-state index in [4.69, 9.17) is 16.3 Å². The SMILES string of the molecule is Cc1nn(C)c(Oc2ccc(F)cc2Cl)c1C=O. The zero-order valence-corrected chi connectivity index (χ0v) is 10.5. The fraction of sp³-hybridized carbons (Fsp3) is 0.167. The highest BCUT2D eigenvalue weighted by molar-refractivity contribution is 6.32. The number of nitrogens with zero attached hydrogens (tertiary/aromatic N) is 2. The van der Waals surface area contributed by atoms with Crippen LogP contribution in [0.25, 0.3) is 0 Å². The molecule has 2 rings (SSSR count). The van der Waals surface area contributed by atoms with Crippen LogP contribution in [-0.2, 0) is 7.05 Å². The van der Waals surface area contributed by atoms with Gasteiger partial charge in [-0.3, -0.25) is 4.79 Å². The minimum absolute atomic E-state index is 0.130. The maximum Gasteiger partial charge on any atom is 0.228 e. The number of hydrogen-bond donors (Lipinski definition) is 0. The first-order chi connectivity index (χ1) is 8.52. The number of halogens is 2. The van der Waals surface area contributed by atoms with E-state index in [0.29, 0.717) is 17.5 Å². The lowest BCUT2D eigenvalue weighted by Gasteiger charge is -2.08. The molecule has 0 fully saturated rings. The van der Waals surface area contributed by atoms with E-state index in [2.05, 4.69) is 5.10 Å². The fourth-order valence-corrected chi connectivity index (χ4v) is 1.78. The highest BCUT2D eigenvalue weighted by Gasteiger charge is 2.16. The molecule has 0 unspecified atom stereocenters. The van der Waals surface area contributed by atoms with E-state index in [9.17, 15) is 9.18 Å². The zero-order valence-electron chi connectivity index (χ0n) is 9.78. The molecular formula is C12H10ClFN2O2. The Labute approximate surface area is 108 Å². The lowest BCUT2D eigenvalue weighted by Crippen LogP contribution is -1.97. The first-order valence-electron chi connectivity index (χ1n) is 5.14. The van der Waals surface area contributed by atoms with Gasteiger partial charge in [0.15, 0.2) is 6.29 Å². The number of benzene rings is 1. The standard InChI is InChI=1S/C12H10ClFN2O2/c1-7-9(6-17)12(16(2)15-7)18-11-4-3-8(14)5-10(11)13/h3-6H,1-2H3. The van der Waals surface area contributed by atoms with Crippen LogP contribution >= 0.6 is 11.6 Å². The van der Waals surface area contributed by atoms with Crippen LogP contribution in [0.4, 0.5) is 4.39 Å². The van der Waals surface area contributed by atoms with Crippen molar-refractivity contribution in [3.8, 4) is 11.6 Å². The molecule has 0 bridgehead atoms. The normalized spacial score (nSPS) is 10.4. The summed E-state index contributed by atoms with van der Waals surface area (Å²) in [5.41, 5.74) is 0.902. The van der Waals surface area contributed by atoms with Gasteiger partial charge < -0.3 is 4.74 Å². The summed E-state index contributed by atoms with van der Waals surface area (Å²) in [5, 5.41) is 4.20. The second-order valence-corrected chi connectivity index (χ2v) is 4.13. The van der Waals surface area contributed by atoms with Gasteiger partial charge >= 0.3 is 0 Å².